The van der Waals surface area contributed by atoms with E-state index in [1.54, 1.807) is 11.9 Å². The minimum atomic E-state index is -3.82. The van der Waals surface area contributed by atoms with Gasteiger partial charge in [-0.3, -0.25) is 9.27 Å². The lowest BCUT2D eigenvalue weighted by atomic mass is 10.1. The minimum Gasteiger partial charge on any atom is -0.286 e. The van der Waals surface area contributed by atoms with Gasteiger partial charge in [-0.15, -0.1) is 0 Å². The highest BCUT2D eigenvalue weighted by atomic mass is 32.2. The van der Waals surface area contributed by atoms with Crippen LogP contribution in [-0.4, -0.2) is 31.0 Å². The summed E-state index contributed by atoms with van der Waals surface area (Å²) >= 11 is 1.55. The van der Waals surface area contributed by atoms with Gasteiger partial charge in [0.2, 0.25) is 0 Å². The first-order valence-electron chi connectivity index (χ1n) is 7.86. The van der Waals surface area contributed by atoms with Crippen molar-refractivity contribution in [1.82, 2.24) is 4.72 Å². The van der Waals surface area contributed by atoms with Crippen LogP contribution in [0, 0.1) is 0 Å². The SMILES string of the molecule is CCCCCCCCCCCCSNCCS(=O)(=O)O. The highest BCUT2D eigenvalue weighted by Gasteiger charge is 2.02. The molecule has 0 spiro atoms. The Balaban J connectivity index is 3.03. The van der Waals surface area contributed by atoms with Gasteiger partial charge in [-0.1, -0.05) is 76.7 Å². The Morgan fingerprint density at radius 3 is 1.90 bits per heavy atom. The number of rotatable bonds is 15. The lowest BCUT2D eigenvalue weighted by molar-refractivity contribution is 0.483. The van der Waals surface area contributed by atoms with Gasteiger partial charge in [-0.05, 0) is 6.42 Å². The molecular weight excluding hydrogens is 294 g/mol. The molecule has 122 valence electrons. The summed E-state index contributed by atoms with van der Waals surface area (Å²) in [7, 11) is -3.82. The molecule has 0 aliphatic heterocycles. The van der Waals surface area contributed by atoms with Gasteiger partial charge in [-0.25, -0.2) is 0 Å². The van der Waals surface area contributed by atoms with E-state index in [4.69, 9.17) is 4.55 Å². The van der Waals surface area contributed by atoms with Crippen LogP contribution in [0.5, 0.6) is 0 Å². The average molecular weight is 326 g/mol. The Kier molecular flexibility index (Phi) is 14.3. The maximum atomic E-state index is 10.5. The zero-order valence-corrected chi connectivity index (χ0v) is 14.4. The normalized spacial score (nSPS) is 11.9. The average Bonchev–Trinajstić information content (AvgIpc) is 2.38. The summed E-state index contributed by atoms with van der Waals surface area (Å²) in [6.45, 7) is 2.55. The van der Waals surface area contributed by atoms with E-state index in [0.29, 0.717) is 6.54 Å². The van der Waals surface area contributed by atoms with Crippen molar-refractivity contribution < 1.29 is 13.0 Å². The fourth-order valence-electron chi connectivity index (χ4n) is 1.98. The van der Waals surface area contributed by atoms with Crippen LogP contribution in [0.1, 0.15) is 71.1 Å². The van der Waals surface area contributed by atoms with Crippen LogP contribution >= 0.6 is 11.9 Å². The van der Waals surface area contributed by atoms with E-state index in [1.807, 2.05) is 0 Å². The molecule has 20 heavy (non-hydrogen) atoms. The van der Waals surface area contributed by atoms with Crippen LogP contribution in [0.3, 0.4) is 0 Å². The van der Waals surface area contributed by atoms with E-state index in [0.717, 1.165) is 5.75 Å². The molecule has 0 amide bonds. The van der Waals surface area contributed by atoms with E-state index in [1.165, 1.54) is 64.2 Å². The monoisotopic (exact) mass is 325 g/mol. The van der Waals surface area contributed by atoms with Crippen LogP contribution in [0.2, 0.25) is 0 Å². The van der Waals surface area contributed by atoms with E-state index >= 15 is 0 Å². The van der Waals surface area contributed by atoms with Crippen molar-refractivity contribution in [1.29, 1.82) is 0 Å². The Morgan fingerprint density at radius 2 is 1.40 bits per heavy atom. The summed E-state index contributed by atoms with van der Waals surface area (Å²) < 4.78 is 32.4. The molecule has 0 aromatic heterocycles. The van der Waals surface area contributed by atoms with Crippen LogP contribution in [0.15, 0.2) is 0 Å². The second-order valence-electron chi connectivity index (χ2n) is 5.21. The topological polar surface area (TPSA) is 66.4 Å². The Bertz CT molecular complexity index is 295. The molecule has 0 fully saturated rings. The Labute approximate surface area is 129 Å². The van der Waals surface area contributed by atoms with E-state index in [9.17, 15) is 8.42 Å². The fraction of sp³-hybridized carbons (Fsp3) is 1.00. The smallest absolute Gasteiger partial charge is 0.266 e. The summed E-state index contributed by atoms with van der Waals surface area (Å²) in [4.78, 5) is 0. The molecule has 0 rings (SSSR count). The number of hydrogen-bond acceptors (Lipinski definition) is 4. The van der Waals surface area contributed by atoms with Gasteiger partial charge < -0.3 is 0 Å². The largest absolute Gasteiger partial charge is 0.286 e. The molecule has 0 aliphatic carbocycles. The molecule has 4 nitrogen and oxygen atoms in total. The number of nitrogens with one attached hydrogen (secondary N) is 1. The molecule has 0 unspecified atom stereocenters. The van der Waals surface area contributed by atoms with Crippen molar-refractivity contribution in [2.45, 2.75) is 71.1 Å². The minimum absolute atomic E-state index is 0.210. The fourth-order valence-corrected chi connectivity index (χ4v) is 3.21. The van der Waals surface area contributed by atoms with E-state index in [2.05, 4.69) is 11.6 Å². The summed E-state index contributed by atoms with van der Waals surface area (Å²) in [5, 5.41) is 0. The highest BCUT2D eigenvalue weighted by Crippen LogP contribution is 2.11. The van der Waals surface area contributed by atoms with Gasteiger partial charge >= 0.3 is 0 Å². The third-order valence-corrected chi connectivity index (χ3v) is 4.79. The first kappa shape index (κ1) is 20.2. The summed E-state index contributed by atoms with van der Waals surface area (Å²) in [5.74, 6) is 0.792. The van der Waals surface area contributed by atoms with Crippen molar-refractivity contribution >= 4 is 22.1 Å². The van der Waals surface area contributed by atoms with Gasteiger partial charge in [-0.2, -0.15) is 8.42 Å². The van der Waals surface area contributed by atoms with Crippen LogP contribution in [0.4, 0.5) is 0 Å². The highest BCUT2D eigenvalue weighted by molar-refractivity contribution is 7.97. The van der Waals surface area contributed by atoms with Gasteiger partial charge in [0, 0.05) is 12.3 Å². The molecule has 0 radical (unpaired) electrons. The Hall–Kier alpha value is 0.220. The molecule has 6 heteroatoms. The molecule has 2 N–H and O–H groups in total. The van der Waals surface area contributed by atoms with Crippen LogP contribution < -0.4 is 4.72 Å². The second kappa shape index (κ2) is 14.2. The maximum absolute atomic E-state index is 10.5. The van der Waals surface area contributed by atoms with Gasteiger partial charge in [0.05, 0.1) is 5.75 Å². The Morgan fingerprint density at radius 1 is 0.900 bits per heavy atom. The van der Waals surface area contributed by atoms with Crippen molar-refractivity contribution in [3.05, 3.63) is 0 Å². The molecular formula is C14H31NO3S2. The van der Waals surface area contributed by atoms with Gasteiger partial charge in [0.1, 0.15) is 0 Å². The lowest BCUT2D eigenvalue weighted by Crippen LogP contribution is -2.17. The standard InChI is InChI=1S/C14H31NO3S2/c1-2-3-4-5-6-7-8-9-10-11-13-19-15-12-14-20(16,17)18/h15H,2-14H2,1H3,(H,16,17,18). The number of hydrogen-bond donors (Lipinski definition) is 2. The van der Waals surface area contributed by atoms with Crippen molar-refractivity contribution in [2.75, 3.05) is 18.1 Å². The second-order valence-corrected chi connectivity index (χ2v) is 7.77. The molecule has 0 heterocycles. The van der Waals surface area contributed by atoms with Crippen molar-refractivity contribution in [3.63, 3.8) is 0 Å². The third-order valence-electron chi connectivity index (χ3n) is 3.16. The molecule has 0 saturated carbocycles. The lowest BCUT2D eigenvalue weighted by Gasteiger charge is -2.03. The molecule has 0 aliphatic rings. The molecule has 0 aromatic carbocycles. The van der Waals surface area contributed by atoms with Crippen LogP contribution in [-0.2, 0) is 10.1 Å². The van der Waals surface area contributed by atoms with Crippen molar-refractivity contribution in [2.24, 2.45) is 0 Å². The van der Waals surface area contributed by atoms with Gasteiger partial charge in [0.15, 0.2) is 0 Å². The van der Waals surface area contributed by atoms with E-state index < -0.39 is 10.1 Å². The predicted octanol–water partition coefficient (Wildman–Crippen LogP) is 4.03. The summed E-state index contributed by atoms with van der Waals surface area (Å²) in [5.41, 5.74) is 0. The summed E-state index contributed by atoms with van der Waals surface area (Å²) in [6, 6.07) is 0. The first-order valence-corrected chi connectivity index (χ1v) is 10.5. The van der Waals surface area contributed by atoms with Crippen molar-refractivity contribution in [3.8, 4) is 0 Å². The molecule has 0 aromatic rings. The quantitative estimate of drug-likeness (QED) is 0.270. The molecule has 0 atom stereocenters. The first-order chi connectivity index (χ1) is 9.56. The molecule has 0 bridgehead atoms. The number of unbranched alkanes of at least 4 members (excludes halogenated alkanes) is 9. The zero-order chi connectivity index (χ0) is 15.1. The van der Waals surface area contributed by atoms with Crippen LogP contribution in [0.25, 0.3) is 0 Å². The summed E-state index contributed by atoms with van der Waals surface area (Å²) in [6.07, 6.45) is 13.3. The third kappa shape index (κ3) is 18.2. The van der Waals surface area contributed by atoms with Gasteiger partial charge in [0.25, 0.3) is 10.1 Å². The maximum Gasteiger partial charge on any atom is 0.266 e. The van der Waals surface area contributed by atoms with E-state index in [-0.39, 0.29) is 5.75 Å². The molecule has 0 saturated heterocycles. The predicted molar refractivity (Wildman–Crippen MR) is 88.7 cm³/mol. The zero-order valence-electron chi connectivity index (χ0n) is 12.8.